The van der Waals surface area contributed by atoms with Crippen LogP contribution in [-0.2, 0) is 0 Å². The molecule has 160 valence electrons. The zero-order valence-corrected chi connectivity index (χ0v) is 18.4. The Hall–Kier alpha value is -1.34. The molecule has 4 fully saturated rings. The van der Waals surface area contributed by atoms with Crippen molar-refractivity contribution < 1.29 is 9.21 Å². The molecule has 4 aliphatic rings. The lowest BCUT2D eigenvalue weighted by Crippen LogP contribution is -2.57. The molecule has 5 heterocycles. The molecule has 1 amide bonds. The molecule has 6 rings (SSSR count). The first-order valence-electron chi connectivity index (χ1n) is 10.3. The second-order valence-electron chi connectivity index (χ2n) is 8.50. The van der Waals surface area contributed by atoms with Crippen molar-refractivity contribution >= 4 is 41.8 Å². The standard InChI is InChI=1S/C21H28N4O2.2ClH/c1-24-9-5-15(6-10-24)21-23-19-16(3-2-4-18(19)27-21)20(26)22-17-13-25-11-7-14(17)8-12-25;;/h2-4,14-15,17H,5-13H2,1H3,(H,22,26);2*1H/t17-;;/m1../s1. The highest BCUT2D eigenvalue weighted by Crippen LogP contribution is 2.31. The highest BCUT2D eigenvalue weighted by molar-refractivity contribution is 6.04. The largest absolute Gasteiger partial charge is 0.440 e. The molecule has 0 unspecified atom stereocenters. The van der Waals surface area contributed by atoms with Crippen molar-refractivity contribution in [2.75, 3.05) is 39.8 Å². The highest BCUT2D eigenvalue weighted by Gasteiger charge is 2.35. The Labute approximate surface area is 184 Å². The molecule has 2 bridgehead atoms. The van der Waals surface area contributed by atoms with Crippen LogP contribution in [0.25, 0.3) is 11.1 Å². The number of fused-ring (bicyclic) bond motifs is 4. The van der Waals surface area contributed by atoms with Gasteiger partial charge in [-0.05, 0) is 77.0 Å². The number of aromatic nitrogens is 1. The van der Waals surface area contributed by atoms with Crippen LogP contribution in [-0.4, -0.2) is 66.5 Å². The number of halogens is 2. The van der Waals surface area contributed by atoms with Gasteiger partial charge in [-0.3, -0.25) is 4.79 Å². The minimum absolute atomic E-state index is 0. The van der Waals surface area contributed by atoms with Crippen LogP contribution in [0.15, 0.2) is 22.6 Å². The molecule has 2 aromatic rings. The zero-order chi connectivity index (χ0) is 18.4. The number of piperidine rings is 4. The van der Waals surface area contributed by atoms with E-state index in [2.05, 4.69) is 22.2 Å². The quantitative estimate of drug-likeness (QED) is 0.792. The summed E-state index contributed by atoms with van der Waals surface area (Å²) in [6.45, 7) is 5.46. The van der Waals surface area contributed by atoms with Gasteiger partial charge in [-0.25, -0.2) is 4.98 Å². The summed E-state index contributed by atoms with van der Waals surface area (Å²) in [5.74, 6) is 1.75. The summed E-state index contributed by atoms with van der Waals surface area (Å²) in [6.07, 6.45) is 4.51. The normalized spacial score (nSPS) is 27.3. The van der Waals surface area contributed by atoms with Crippen molar-refractivity contribution in [1.82, 2.24) is 20.1 Å². The number of likely N-dealkylation sites (tertiary alicyclic amines) is 1. The Kier molecular flexibility index (Phi) is 7.10. The number of carbonyl (C=O) groups excluding carboxylic acids is 1. The maximum atomic E-state index is 13.0. The highest BCUT2D eigenvalue weighted by atomic mass is 35.5. The first-order valence-corrected chi connectivity index (χ1v) is 10.3. The van der Waals surface area contributed by atoms with E-state index in [0.717, 1.165) is 43.9 Å². The van der Waals surface area contributed by atoms with Gasteiger partial charge in [-0.2, -0.15) is 0 Å². The third-order valence-corrected chi connectivity index (χ3v) is 6.72. The fourth-order valence-electron chi connectivity index (χ4n) is 4.95. The number of nitrogens with one attached hydrogen (secondary N) is 1. The average molecular weight is 441 g/mol. The van der Waals surface area contributed by atoms with Gasteiger partial charge in [0.2, 0.25) is 0 Å². The molecule has 0 aliphatic carbocycles. The molecule has 4 aliphatic heterocycles. The molecule has 1 atom stereocenters. The fourth-order valence-corrected chi connectivity index (χ4v) is 4.95. The van der Waals surface area contributed by atoms with Crippen molar-refractivity contribution in [3.05, 3.63) is 29.7 Å². The van der Waals surface area contributed by atoms with Crippen LogP contribution in [0.4, 0.5) is 0 Å². The summed E-state index contributed by atoms with van der Waals surface area (Å²) in [5.41, 5.74) is 2.09. The third kappa shape index (κ3) is 4.41. The van der Waals surface area contributed by atoms with Crippen LogP contribution in [0.1, 0.15) is 47.8 Å². The fraction of sp³-hybridized carbons (Fsp3) is 0.619. The van der Waals surface area contributed by atoms with Crippen LogP contribution < -0.4 is 5.32 Å². The predicted molar refractivity (Wildman–Crippen MR) is 118 cm³/mol. The molecule has 8 heteroatoms. The topological polar surface area (TPSA) is 61.6 Å². The van der Waals surface area contributed by atoms with Crippen LogP contribution >= 0.6 is 24.8 Å². The molecule has 0 saturated carbocycles. The maximum Gasteiger partial charge on any atom is 0.253 e. The zero-order valence-electron chi connectivity index (χ0n) is 16.8. The third-order valence-electron chi connectivity index (χ3n) is 6.72. The second-order valence-corrected chi connectivity index (χ2v) is 8.50. The molecule has 29 heavy (non-hydrogen) atoms. The summed E-state index contributed by atoms with van der Waals surface area (Å²) in [6, 6.07) is 5.96. The SMILES string of the molecule is CN1CCC(c2nc3c(C(=O)N[C@@H]4CN5CCC4CC5)cccc3o2)CC1.Cl.Cl. The predicted octanol–water partition coefficient (Wildman–Crippen LogP) is 3.30. The molecule has 1 aromatic heterocycles. The van der Waals surface area contributed by atoms with Gasteiger partial charge < -0.3 is 19.5 Å². The van der Waals surface area contributed by atoms with E-state index in [0.29, 0.717) is 22.9 Å². The van der Waals surface area contributed by atoms with Gasteiger partial charge in [0.05, 0.1) is 5.56 Å². The Morgan fingerprint density at radius 2 is 1.83 bits per heavy atom. The molecular formula is C21H30Cl2N4O2. The Bertz CT molecular complexity index is 842. The average Bonchev–Trinajstić information content (AvgIpc) is 3.13. The number of hydrogen-bond donors (Lipinski definition) is 1. The lowest BCUT2D eigenvalue weighted by molar-refractivity contribution is 0.0621. The number of oxazole rings is 1. The molecule has 6 nitrogen and oxygen atoms in total. The van der Waals surface area contributed by atoms with Gasteiger partial charge >= 0.3 is 0 Å². The van der Waals surface area contributed by atoms with Crippen molar-refractivity contribution in [3.8, 4) is 0 Å². The van der Waals surface area contributed by atoms with Crippen molar-refractivity contribution in [2.45, 2.75) is 37.6 Å². The lowest BCUT2D eigenvalue weighted by Gasteiger charge is -2.44. The van der Waals surface area contributed by atoms with E-state index in [1.165, 1.54) is 25.9 Å². The number of nitrogens with zero attached hydrogens (tertiary/aromatic N) is 3. The molecular weight excluding hydrogens is 411 g/mol. The van der Waals surface area contributed by atoms with Gasteiger partial charge in [-0.15, -0.1) is 24.8 Å². The first kappa shape index (κ1) is 22.3. The van der Waals surface area contributed by atoms with E-state index < -0.39 is 0 Å². The lowest BCUT2D eigenvalue weighted by atomic mass is 9.84. The number of hydrogen-bond acceptors (Lipinski definition) is 5. The van der Waals surface area contributed by atoms with E-state index in [1.807, 2.05) is 18.2 Å². The van der Waals surface area contributed by atoms with E-state index in [4.69, 9.17) is 9.40 Å². The summed E-state index contributed by atoms with van der Waals surface area (Å²) in [4.78, 5) is 22.6. The number of para-hydroxylation sites is 1. The molecule has 1 N–H and O–H groups in total. The molecule has 0 spiro atoms. The van der Waals surface area contributed by atoms with Crippen LogP contribution in [0.5, 0.6) is 0 Å². The van der Waals surface area contributed by atoms with Gasteiger partial charge in [0.1, 0.15) is 5.52 Å². The van der Waals surface area contributed by atoms with E-state index >= 15 is 0 Å². The van der Waals surface area contributed by atoms with Crippen molar-refractivity contribution in [2.24, 2.45) is 5.92 Å². The summed E-state index contributed by atoms with van der Waals surface area (Å²) in [5, 5.41) is 3.28. The minimum Gasteiger partial charge on any atom is -0.440 e. The van der Waals surface area contributed by atoms with Crippen molar-refractivity contribution in [3.63, 3.8) is 0 Å². The monoisotopic (exact) mass is 440 g/mol. The Morgan fingerprint density at radius 3 is 2.48 bits per heavy atom. The number of benzene rings is 1. The Balaban J connectivity index is 0.00000120. The number of amides is 1. The van der Waals surface area contributed by atoms with E-state index in [1.54, 1.807) is 0 Å². The van der Waals surface area contributed by atoms with E-state index in [-0.39, 0.29) is 36.8 Å². The van der Waals surface area contributed by atoms with Crippen LogP contribution in [0.2, 0.25) is 0 Å². The van der Waals surface area contributed by atoms with Gasteiger partial charge in [0, 0.05) is 18.5 Å². The first-order chi connectivity index (χ1) is 13.2. The van der Waals surface area contributed by atoms with E-state index in [9.17, 15) is 4.79 Å². The molecule has 1 aromatic carbocycles. The Morgan fingerprint density at radius 1 is 1.10 bits per heavy atom. The smallest absolute Gasteiger partial charge is 0.253 e. The van der Waals surface area contributed by atoms with Gasteiger partial charge in [0.25, 0.3) is 5.91 Å². The van der Waals surface area contributed by atoms with Gasteiger partial charge in [0.15, 0.2) is 11.5 Å². The minimum atomic E-state index is -0.0115. The summed E-state index contributed by atoms with van der Waals surface area (Å²) >= 11 is 0. The van der Waals surface area contributed by atoms with Crippen LogP contribution in [0.3, 0.4) is 0 Å². The van der Waals surface area contributed by atoms with Crippen LogP contribution in [0, 0.1) is 5.92 Å². The number of carbonyl (C=O) groups is 1. The molecule has 4 saturated heterocycles. The summed E-state index contributed by atoms with van der Waals surface area (Å²) in [7, 11) is 2.15. The van der Waals surface area contributed by atoms with Gasteiger partial charge in [-0.1, -0.05) is 6.07 Å². The second kappa shape index (κ2) is 9.21. The number of rotatable bonds is 3. The summed E-state index contributed by atoms with van der Waals surface area (Å²) < 4.78 is 6.06. The molecule has 0 radical (unpaired) electrons. The van der Waals surface area contributed by atoms with Crippen molar-refractivity contribution in [1.29, 1.82) is 0 Å². The maximum absolute atomic E-state index is 13.0.